The Hall–Kier alpha value is -1.86. The molecule has 1 aromatic heterocycles. The fourth-order valence-corrected chi connectivity index (χ4v) is 3.95. The fourth-order valence-electron chi connectivity index (χ4n) is 2.32. The van der Waals surface area contributed by atoms with E-state index in [0.29, 0.717) is 12.1 Å². The molecule has 0 aliphatic rings. The number of nitrogens with one attached hydrogen (secondary N) is 1. The number of hydrogen-bond acceptors (Lipinski definition) is 4. The molecule has 0 atom stereocenters. The van der Waals surface area contributed by atoms with Crippen LogP contribution in [0.25, 0.3) is 0 Å². The van der Waals surface area contributed by atoms with Crippen LogP contribution in [0, 0.1) is 0 Å². The topological polar surface area (TPSA) is 66.5 Å². The van der Waals surface area contributed by atoms with Crippen molar-refractivity contribution in [2.24, 2.45) is 0 Å². The lowest BCUT2D eigenvalue weighted by Gasteiger charge is -2.22. The summed E-state index contributed by atoms with van der Waals surface area (Å²) in [5.41, 5.74) is 1.76. The SMILES string of the molecule is CCc1ccc(N(CCNC(=O)Cc2cccs2)S(C)(=O)=O)cc1. The van der Waals surface area contributed by atoms with Crippen LogP contribution in [0.5, 0.6) is 0 Å². The van der Waals surface area contributed by atoms with Gasteiger partial charge in [0, 0.05) is 11.4 Å². The Morgan fingerprint density at radius 1 is 1.21 bits per heavy atom. The molecule has 1 amide bonds. The summed E-state index contributed by atoms with van der Waals surface area (Å²) in [4.78, 5) is 12.9. The molecule has 2 aromatic rings. The molecule has 0 saturated carbocycles. The van der Waals surface area contributed by atoms with Gasteiger partial charge in [-0.2, -0.15) is 0 Å². The predicted octanol–water partition coefficient (Wildman–Crippen LogP) is 2.44. The van der Waals surface area contributed by atoms with Crippen molar-refractivity contribution in [3.8, 4) is 0 Å². The van der Waals surface area contributed by atoms with Crippen LogP contribution in [0.2, 0.25) is 0 Å². The minimum atomic E-state index is -3.40. The lowest BCUT2D eigenvalue weighted by molar-refractivity contribution is -0.120. The second kappa shape index (κ2) is 8.30. The van der Waals surface area contributed by atoms with Crippen molar-refractivity contribution in [1.82, 2.24) is 5.32 Å². The number of carbonyl (C=O) groups is 1. The summed E-state index contributed by atoms with van der Waals surface area (Å²) < 4.78 is 25.4. The van der Waals surface area contributed by atoms with Gasteiger partial charge in [0.2, 0.25) is 15.9 Å². The zero-order valence-corrected chi connectivity index (χ0v) is 15.5. The van der Waals surface area contributed by atoms with Gasteiger partial charge in [-0.25, -0.2) is 8.42 Å². The zero-order chi connectivity index (χ0) is 17.6. The molecule has 2 rings (SSSR count). The maximum Gasteiger partial charge on any atom is 0.232 e. The van der Waals surface area contributed by atoms with Gasteiger partial charge in [0.15, 0.2) is 0 Å². The highest BCUT2D eigenvalue weighted by Gasteiger charge is 2.17. The molecular weight excluding hydrogens is 344 g/mol. The number of aryl methyl sites for hydroxylation is 1. The number of nitrogens with zero attached hydrogens (tertiary/aromatic N) is 1. The highest BCUT2D eigenvalue weighted by Crippen LogP contribution is 2.18. The Balaban J connectivity index is 1.95. The van der Waals surface area contributed by atoms with Crippen molar-refractivity contribution in [1.29, 1.82) is 0 Å². The molecule has 0 fully saturated rings. The summed E-state index contributed by atoms with van der Waals surface area (Å²) in [5, 5.41) is 4.70. The normalized spacial score (nSPS) is 11.2. The number of hydrogen-bond donors (Lipinski definition) is 1. The summed E-state index contributed by atoms with van der Waals surface area (Å²) in [7, 11) is -3.40. The van der Waals surface area contributed by atoms with Crippen LogP contribution in [-0.2, 0) is 27.7 Å². The number of rotatable bonds is 8. The van der Waals surface area contributed by atoms with Crippen molar-refractivity contribution in [3.05, 3.63) is 52.2 Å². The van der Waals surface area contributed by atoms with Gasteiger partial charge in [0.1, 0.15) is 0 Å². The summed E-state index contributed by atoms with van der Waals surface area (Å²) in [5.74, 6) is -0.104. The first kappa shape index (κ1) is 18.5. The molecule has 1 aromatic carbocycles. The lowest BCUT2D eigenvalue weighted by Crippen LogP contribution is -2.38. The molecule has 130 valence electrons. The highest BCUT2D eigenvalue weighted by atomic mass is 32.2. The first-order valence-electron chi connectivity index (χ1n) is 7.76. The number of thiophene rings is 1. The van der Waals surface area contributed by atoms with Crippen molar-refractivity contribution >= 4 is 33.0 Å². The Morgan fingerprint density at radius 3 is 2.46 bits per heavy atom. The fraction of sp³-hybridized carbons (Fsp3) is 0.353. The van der Waals surface area contributed by atoms with Gasteiger partial charge in [-0.05, 0) is 35.6 Å². The molecular formula is C17H22N2O3S2. The van der Waals surface area contributed by atoms with Gasteiger partial charge in [0.05, 0.1) is 24.9 Å². The summed E-state index contributed by atoms with van der Waals surface area (Å²) >= 11 is 1.53. The number of anilines is 1. The van der Waals surface area contributed by atoms with E-state index in [4.69, 9.17) is 0 Å². The highest BCUT2D eigenvalue weighted by molar-refractivity contribution is 7.92. The second-order valence-electron chi connectivity index (χ2n) is 5.46. The third-order valence-electron chi connectivity index (χ3n) is 3.58. The van der Waals surface area contributed by atoms with Crippen LogP contribution < -0.4 is 9.62 Å². The summed E-state index contributed by atoms with van der Waals surface area (Å²) in [6.45, 7) is 2.53. The molecule has 0 saturated heterocycles. The van der Waals surface area contributed by atoms with E-state index in [1.807, 2.05) is 36.6 Å². The Morgan fingerprint density at radius 2 is 1.92 bits per heavy atom. The molecule has 0 radical (unpaired) electrons. The molecule has 5 nitrogen and oxygen atoms in total. The van der Waals surface area contributed by atoms with Crippen LogP contribution in [0.3, 0.4) is 0 Å². The van der Waals surface area contributed by atoms with Gasteiger partial charge in [0.25, 0.3) is 0 Å². The molecule has 0 spiro atoms. The molecule has 1 heterocycles. The van der Waals surface area contributed by atoms with E-state index < -0.39 is 10.0 Å². The van der Waals surface area contributed by atoms with E-state index in [1.165, 1.54) is 21.9 Å². The van der Waals surface area contributed by atoms with E-state index >= 15 is 0 Å². The van der Waals surface area contributed by atoms with Crippen LogP contribution in [0.4, 0.5) is 5.69 Å². The van der Waals surface area contributed by atoms with Crippen LogP contribution in [0.15, 0.2) is 41.8 Å². The van der Waals surface area contributed by atoms with Crippen LogP contribution in [0.1, 0.15) is 17.4 Å². The predicted molar refractivity (Wildman–Crippen MR) is 99.0 cm³/mol. The zero-order valence-electron chi connectivity index (χ0n) is 13.9. The third-order valence-corrected chi connectivity index (χ3v) is 5.66. The number of benzene rings is 1. The smallest absolute Gasteiger partial charge is 0.232 e. The minimum Gasteiger partial charge on any atom is -0.354 e. The van der Waals surface area contributed by atoms with Gasteiger partial charge < -0.3 is 5.32 Å². The van der Waals surface area contributed by atoms with E-state index in [1.54, 1.807) is 12.1 Å². The maximum absolute atomic E-state index is 12.0. The van der Waals surface area contributed by atoms with Crippen LogP contribution >= 0.6 is 11.3 Å². The van der Waals surface area contributed by atoms with E-state index in [2.05, 4.69) is 5.32 Å². The average molecular weight is 367 g/mol. The molecule has 0 aliphatic carbocycles. The van der Waals surface area contributed by atoms with Gasteiger partial charge >= 0.3 is 0 Å². The molecule has 0 unspecified atom stereocenters. The maximum atomic E-state index is 12.0. The van der Waals surface area contributed by atoms with Gasteiger partial charge in [-0.1, -0.05) is 25.1 Å². The molecule has 24 heavy (non-hydrogen) atoms. The molecule has 0 aliphatic heterocycles. The standard InChI is InChI=1S/C17H22N2O3S2/c1-3-14-6-8-15(9-7-14)19(24(2,21)22)11-10-18-17(20)13-16-5-4-12-23-16/h4-9,12H,3,10-11,13H2,1-2H3,(H,18,20). The van der Waals surface area contributed by atoms with Gasteiger partial charge in [-0.3, -0.25) is 9.10 Å². The summed E-state index contributed by atoms with van der Waals surface area (Å²) in [6, 6.07) is 11.2. The second-order valence-corrected chi connectivity index (χ2v) is 8.40. The Kier molecular flexibility index (Phi) is 6.39. The van der Waals surface area contributed by atoms with E-state index in [0.717, 1.165) is 16.9 Å². The first-order valence-corrected chi connectivity index (χ1v) is 10.5. The minimum absolute atomic E-state index is 0.104. The Labute approximate surface area is 147 Å². The molecule has 7 heteroatoms. The quantitative estimate of drug-likeness (QED) is 0.780. The lowest BCUT2D eigenvalue weighted by atomic mass is 10.1. The monoisotopic (exact) mass is 366 g/mol. The molecule has 0 bridgehead atoms. The van der Waals surface area contributed by atoms with Gasteiger partial charge in [-0.15, -0.1) is 11.3 Å². The number of carbonyl (C=O) groups excluding carboxylic acids is 1. The number of amides is 1. The largest absolute Gasteiger partial charge is 0.354 e. The first-order chi connectivity index (χ1) is 11.4. The molecule has 1 N–H and O–H groups in total. The number of sulfonamides is 1. The van der Waals surface area contributed by atoms with Crippen molar-refractivity contribution in [3.63, 3.8) is 0 Å². The van der Waals surface area contributed by atoms with E-state index in [-0.39, 0.29) is 19.0 Å². The average Bonchev–Trinajstić information content (AvgIpc) is 3.03. The van der Waals surface area contributed by atoms with Crippen molar-refractivity contribution in [2.45, 2.75) is 19.8 Å². The van der Waals surface area contributed by atoms with Crippen molar-refractivity contribution in [2.75, 3.05) is 23.7 Å². The van der Waals surface area contributed by atoms with Crippen molar-refractivity contribution < 1.29 is 13.2 Å². The van der Waals surface area contributed by atoms with E-state index in [9.17, 15) is 13.2 Å². The third kappa shape index (κ3) is 5.35. The van der Waals surface area contributed by atoms with Crippen LogP contribution in [-0.4, -0.2) is 33.7 Å². The Bertz CT molecular complexity index is 754. The summed E-state index contributed by atoms with van der Waals surface area (Å²) in [6.07, 6.45) is 2.40.